The first-order valence-corrected chi connectivity index (χ1v) is 11.3. The normalized spacial score (nSPS) is 53.4. The van der Waals surface area contributed by atoms with Crippen molar-refractivity contribution in [1.82, 2.24) is 0 Å². The van der Waals surface area contributed by atoms with E-state index < -0.39 is 5.41 Å². The number of nitrogens with zero attached hydrogens (tertiary/aromatic N) is 2. The van der Waals surface area contributed by atoms with Crippen LogP contribution in [-0.2, 0) is 14.3 Å². The summed E-state index contributed by atoms with van der Waals surface area (Å²) in [5, 5.41) is 20.4. The molecule has 1 heterocycles. The number of nitriles is 2. The third kappa shape index (κ3) is 2.15. The third-order valence-electron chi connectivity index (χ3n) is 10.4. The molecule has 0 radical (unpaired) electrons. The van der Waals surface area contributed by atoms with Gasteiger partial charge in [-0.05, 0) is 68.1 Å². The van der Waals surface area contributed by atoms with Gasteiger partial charge < -0.3 is 4.74 Å². The third-order valence-corrected chi connectivity index (χ3v) is 10.4. The van der Waals surface area contributed by atoms with Crippen LogP contribution < -0.4 is 0 Å². The molecule has 1 spiro atoms. The van der Waals surface area contributed by atoms with Crippen molar-refractivity contribution in [1.29, 1.82) is 10.5 Å². The number of hydrogen-bond acceptors (Lipinski definition) is 5. The van der Waals surface area contributed by atoms with Crippen molar-refractivity contribution in [2.45, 2.75) is 83.7 Å². The first-order chi connectivity index (χ1) is 13.7. The molecule has 8 atom stereocenters. The molecule has 0 bridgehead atoms. The van der Waals surface area contributed by atoms with Crippen molar-refractivity contribution in [3.8, 4) is 12.1 Å². The summed E-state index contributed by atoms with van der Waals surface area (Å²) in [6, 6.07) is 5.14. The fraction of sp³-hybridized carbons (Fsp3) is 0.833. The van der Waals surface area contributed by atoms with E-state index in [2.05, 4.69) is 26.0 Å². The summed E-state index contributed by atoms with van der Waals surface area (Å²) in [7, 11) is 0. The number of ether oxygens (including phenoxy) is 1. The van der Waals surface area contributed by atoms with Crippen LogP contribution in [0.5, 0.6) is 0 Å². The van der Waals surface area contributed by atoms with Gasteiger partial charge in [0.25, 0.3) is 0 Å². The molecule has 0 N–H and O–H groups in total. The quantitative estimate of drug-likeness (QED) is 0.571. The van der Waals surface area contributed by atoms with Crippen LogP contribution in [0.15, 0.2) is 0 Å². The maximum atomic E-state index is 12.3. The molecular formula is C24H30N2O3. The lowest BCUT2D eigenvalue weighted by molar-refractivity contribution is -0.187. The van der Waals surface area contributed by atoms with Crippen molar-refractivity contribution in [3.05, 3.63) is 0 Å². The average molecular weight is 395 g/mol. The molecule has 29 heavy (non-hydrogen) atoms. The van der Waals surface area contributed by atoms with E-state index in [-0.39, 0.29) is 40.0 Å². The smallest absolute Gasteiger partial charge is 0.306 e. The van der Waals surface area contributed by atoms with Gasteiger partial charge in [0.1, 0.15) is 11.4 Å². The maximum absolute atomic E-state index is 12.3. The molecular weight excluding hydrogens is 364 g/mol. The maximum Gasteiger partial charge on any atom is 0.306 e. The van der Waals surface area contributed by atoms with Gasteiger partial charge >= 0.3 is 5.97 Å². The Bertz CT molecular complexity index is 870. The van der Waals surface area contributed by atoms with Gasteiger partial charge in [0.15, 0.2) is 0 Å². The van der Waals surface area contributed by atoms with Crippen LogP contribution in [0.1, 0.15) is 78.1 Å². The van der Waals surface area contributed by atoms with Crippen LogP contribution >= 0.6 is 0 Å². The Hall–Kier alpha value is -1.88. The second-order valence-electron chi connectivity index (χ2n) is 11.0. The minimum atomic E-state index is -0.701. The molecule has 1 saturated heterocycles. The molecule has 5 heteroatoms. The molecule has 0 aromatic rings. The number of ketones is 1. The highest BCUT2D eigenvalue weighted by Gasteiger charge is 2.71. The summed E-state index contributed by atoms with van der Waals surface area (Å²) < 4.78 is 6.00. The monoisotopic (exact) mass is 394 g/mol. The lowest BCUT2D eigenvalue weighted by atomic mass is 9.38. The average Bonchev–Trinajstić information content (AvgIpc) is 3.22. The first kappa shape index (κ1) is 19.1. The topological polar surface area (TPSA) is 90.9 Å². The van der Waals surface area contributed by atoms with Crippen molar-refractivity contribution in [2.75, 3.05) is 0 Å². The van der Waals surface area contributed by atoms with Crippen LogP contribution in [0.3, 0.4) is 0 Å². The van der Waals surface area contributed by atoms with E-state index in [1.807, 2.05) is 0 Å². The zero-order chi connectivity index (χ0) is 20.7. The van der Waals surface area contributed by atoms with Gasteiger partial charge in [-0.2, -0.15) is 10.5 Å². The van der Waals surface area contributed by atoms with Crippen molar-refractivity contribution in [2.24, 2.45) is 39.9 Å². The van der Waals surface area contributed by atoms with Gasteiger partial charge in [-0.15, -0.1) is 0 Å². The Kier molecular flexibility index (Phi) is 3.85. The molecule has 1 aliphatic heterocycles. The Balaban J connectivity index is 1.57. The number of Topliss-reactive ketones (excluding diaryl/α,β-unsaturated/α-hetero) is 1. The number of fused-ring (bicyclic) bond motifs is 6. The predicted molar refractivity (Wildman–Crippen MR) is 104 cm³/mol. The van der Waals surface area contributed by atoms with Crippen molar-refractivity contribution in [3.63, 3.8) is 0 Å². The van der Waals surface area contributed by atoms with E-state index in [0.29, 0.717) is 37.5 Å². The van der Waals surface area contributed by atoms with Gasteiger partial charge in [-0.3, -0.25) is 9.59 Å². The second-order valence-corrected chi connectivity index (χ2v) is 11.0. The van der Waals surface area contributed by atoms with Crippen LogP contribution in [0.4, 0.5) is 0 Å². The lowest BCUT2D eigenvalue weighted by Crippen LogP contribution is -2.62. The Labute approximate surface area is 172 Å². The van der Waals surface area contributed by atoms with E-state index in [9.17, 15) is 20.1 Å². The number of hydrogen-bond donors (Lipinski definition) is 0. The van der Waals surface area contributed by atoms with Gasteiger partial charge in [0, 0.05) is 24.7 Å². The van der Waals surface area contributed by atoms with Gasteiger partial charge in [0.05, 0.1) is 23.5 Å². The van der Waals surface area contributed by atoms with E-state index in [4.69, 9.17) is 4.74 Å². The second kappa shape index (κ2) is 5.84. The van der Waals surface area contributed by atoms with E-state index in [1.54, 1.807) is 0 Å². The molecule has 0 aromatic carbocycles. The first-order valence-electron chi connectivity index (χ1n) is 11.3. The molecule has 0 aromatic heterocycles. The van der Waals surface area contributed by atoms with Gasteiger partial charge in [0.2, 0.25) is 0 Å². The molecule has 4 aliphatic carbocycles. The SMILES string of the molecule is C[C@]12CCC3C(C1CC[C@@]21CCC(=O)O1)[C@H](C#N)C[C@]1(C#N)CC(=O)CC[C@]31C. The van der Waals surface area contributed by atoms with Crippen LogP contribution in [-0.4, -0.2) is 17.4 Å². The highest BCUT2D eigenvalue weighted by Crippen LogP contribution is 2.73. The Morgan fingerprint density at radius 3 is 2.34 bits per heavy atom. The Morgan fingerprint density at radius 2 is 1.69 bits per heavy atom. The number of carbonyl (C=O) groups is 2. The molecule has 5 fully saturated rings. The fourth-order valence-electron chi connectivity index (χ4n) is 8.76. The summed E-state index contributed by atoms with van der Waals surface area (Å²) in [5.41, 5.74) is -1.35. The minimum Gasteiger partial charge on any atom is -0.458 e. The summed E-state index contributed by atoms with van der Waals surface area (Å²) in [4.78, 5) is 24.4. The molecule has 3 unspecified atom stereocenters. The summed E-state index contributed by atoms with van der Waals surface area (Å²) in [5.74, 6) is 0.780. The zero-order valence-electron chi connectivity index (χ0n) is 17.5. The summed E-state index contributed by atoms with van der Waals surface area (Å²) >= 11 is 0. The van der Waals surface area contributed by atoms with Crippen LogP contribution in [0.25, 0.3) is 0 Å². The molecule has 4 saturated carbocycles. The molecule has 5 rings (SSSR count). The van der Waals surface area contributed by atoms with E-state index in [0.717, 1.165) is 38.5 Å². The summed E-state index contributed by atoms with van der Waals surface area (Å²) in [6.45, 7) is 4.53. The highest BCUT2D eigenvalue weighted by atomic mass is 16.6. The molecule has 5 aliphatic rings. The fourth-order valence-corrected chi connectivity index (χ4v) is 8.76. The van der Waals surface area contributed by atoms with Crippen molar-refractivity contribution < 1.29 is 14.3 Å². The predicted octanol–water partition coefficient (Wildman–Crippen LogP) is 4.32. The highest BCUT2D eigenvalue weighted by molar-refractivity contribution is 5.81. The Morgan fingerprint density at radius 1 is 0.966 bits per heavy atom. The molecule has 0 amide bonds. The van der Waals surface area contributed by atoms with Crippen LogP contribution in [0, 0.1) is 62.6 Å². The van der Waals surface area contributed by atoms with E-state index >= 15 is 0 Å². The molecule has 5 nitrogen and oxygen atoms in total. The van der Waals surface area contributed by atoms with Crippen LogP contribution in [0.2, 0.25) is 0 Å². The largest absolute Gasteiger partial charge is 0.458 e. The summed E-state index contributed by atoms with van der Waals surface area (Å²) in [6.07, 6.45) is 7.31. The standard InChI is InChI=1S/C24H30N2O3/c1-21-7-3-16(27)12-23(21,14-26)11-15(13-25)20-17(21)4-8-22(2)18(20)5-9-24(22)10-6-19(28)29-24/h15,17-18,20H,3-12H2,1-2H3/t15-,17?,18?,20?,21+,22-,23+,24+/m0/s1. The zero-order valence-corrected chi connectivity index (χ0v) is 17.5. The van der Waals surface area contributed by atoms with E-state index in [1.165, 1.54) is 0 Å². The van der Waals surface area contributed by atoms with Crippen molar-refractivity contribution >= 4 is 11.8 Å². The number of carbonyl (C=O) groups excluding carboxylic acids is 2. The number of rotatable bonds is 0. The lowest BCUT2D eigenvalue weighted by Gasteiger charge is -2.64. The van der Waals surface area contributed by atoms with Gasteiger partial charge in [-0.1, -0.05) is 13.8 Å². The minimum absolute atomic E-state index is 0.0734. The van der Waals surface area contributed by atoms with Gasteiger partial charge in [-0.25, -0.2) is 0 Å². The number of esters is 1. The molecule has 154 valence electrons.